The van der Waals surface area contributed by atoms with Gasteiger partial charge in [-0.25, -0.2) is 58.6 Å². The molecule has 2 aromatic carbocycles. The lowest BCUT2D eigenvalue weighted by Crippen LogP contribution is -2.23. The molecule has 0 aliphatic heterocycles. The normalized spacial score (nSPS) is 11.5. The number of hydrogen-bond acceptors (Lipinski definition) is 31. The lowest BCUT2D eigenvalue weighted by molar-refractivity contribution is -0.155. The van der Waals surface area contributed by atoms with Gasteiger partial charge in [0, 0.05) is 131 Å². The summed E-state index contributed by atoms with van der Waals surface area (Å²) in [4.78, 5) is 95.5. The molecule has 0 fully saturated rings. The van der Waals surface area contributed by atoms with Crippen LogP contribution in [0.3, 0.4) is 0 Å². The number of benzene rings is 2. The van der Waals surface area contributed by atoms with E-state index in [1.165, 1.54) is 119 Å². The molecule has 0 atom stereocenters. The first-order valence-electron chi connectivity index (χ1n) is 35.2. The molecule has 0 unspecified atom stereocenters. The zero-order valence-electron chi connectivity index (χ0n) is 63.1. The molecule has 0 spiro atoms. The lowest BCUT2D eigenvalue weighted by Gasteiger charge is -2.09. The van der Waals surface area contributed by atoms with Crippen molar-refractivity contribution >= 4 is 22.9 Å². The van der Waals surface area contributed by atoms with Gasteiger partial charge in [0.25, 0.3) is 22.2 Å². The SMILES string of the molecule is Cc1ccc(-c2nnc(Cn3nc(-c4cnc(OCC(F)(F)F)nc4)ccc3=O)s2)cn1.Cc1ccc(-c2noc(Cn3nc(-c4cnc(OCC(F)(F)F)nc4)ccc3=O)n2)cc1.Cc1ncc(Cn2nc(-c3cnc(OCC(F)(F)F)nc3)ccc2=O)cc1Cl.O=c1ccc(-c2cnc(OCC(F)(F)F)nc2)nn1Cc1nc(-c2ccccc2)no1. The van der Waals surface area contributed by atoms with Gasteiger partial charge in [-0.05, 0) is 68.8 Å². The minimum atomic E-state index is -4.49. The Morgan fingerprint density at radius 3 is 1.08 bits per heavy atom. The van der Waals surface area contributed by atoms with Gasteiger partial charge >= 0.3 is 48.7 Å². The number of halogens is 13. The van der Waals surface area contributed by atoms with Gasteiger partial charge in [0.05, 0.1) is 46.6 Å². The molecule has 34 nitrogen and oxygen atoms in total. The molecule has 13 aromatic heterocycles. The number of pyridine rings is 2. The van der Waals surface area contributed by atoms with Crippen molar-refractivity contribution in [2.24, 2.45) is 0 Å². The number of hydrogen-bond donors (Lipinski definition) is 0. The second-order valence-corrected chi connectivity index (χ2v) is 26.8. The van der Waals surface area contributed by atoms with Gasteiger partial charge < -0.3 is 28.0 Å². The second kappa shape index (κ2) is 38.9. The summed E-state index contributed by atoms with van der Waals surface area (Å²) in [6, 6.07) is 31.5. The van der Waals surface area contributed by atoms with Gasteiger partial charge in [-0.3, -0.25) is 29.1 Å². The first-order valence-corrected chi connectivity index (χ1v) is 36.4. The third kappa shape index (κ3) is 26.0. The summed E-state index contributed by atoms with van der Waals surface area (Å²) in [5.41, 5.74) is 7.12. The Morgan fingerprint density at radius 1 is 0.374 bits per heavy atom. The van der Waals surface area contributed by atoms with Crippen molar-refractivity contribution in [3.63, 3.8) is 0 Å². The van der Waals surface area contributed by atoms with E-state index in [9.17, 15) is 71.9 Å². The third-order valence-corrected chi connectivity index (χ3v) is 17.1. The molecule has 13 heterocycles. The van der Waals surface area contributed by atoms with Gasteiger partial charge in [-0.1, -0.05) is 93.4 Å². The maximum Gasteiger partial charge on any atom is 0.422 e. The summed E-state index contributed by atoms with van der Waals surface area (Å²) in [7, 11) is 0. The fourth-order valence-corrected chi connectivity index (χ4v) is 10.9. The monoisotopic (exact) mass is 1750 g/mol. The van der Waals surface area contributed by atoms with E-state index in [-0.39, 0.29) is 49.1 Å². The predicted octanol–water partition coefficient (Wildman–Crippen LogP) is 11.7. The Hall–Kier alpha value is -14.9. The van der Waals surface area contributed by atoms with Crippen molar-refractivity contribution in [3.05, 3.63) is 269 Å². The number of alkyl halides is 12. The highest BCUT2D eigenvalue weighted by molar-refractivity contribution is 7.14. The Morgan fingerprint density at radius 2 is 0.724 bits per heavy atom. The van der Waals surface area contributed by atoms with E-state index in [1.54, 1.807) is 25.4 Å². The molecular formula is C75H55ClF12N24O10S. The van der Waals surface area contributed by atoms with Gasteiger partial charge in [0.1, 0.15) is 23.1 Å². The molecule has 0 aliphatic rings. The number of aryl methyl sites for hydroxylation is 3. The van der Waals surface area contributed by atoms with Crippen LogP contribution in [0.15, 0.2) is 212 Å². The highest BCUT2D eigenvalue weighted by Gasteiger charge is 2.32. The average Bonchev–Trinajstić information content (AvgIpc) is 1.81. The first kappa shape index (κ1) is 87.4. The Bertz CT molecular complexity index is 6130. The number of ether oxygens (including phenoxy) is 4. The summed E-state index contributed by atoms with van der Waals surface area (Å²) >= 11 is 7.36. The summed E-state index contributed by atoms with van der Waals surface area (Å²) in [6.07, 6.45) is -4.60. The van der Waals surface area contributed by atoms with Crippen LogP contribution in [0.5, 0.6) is 24.0 Å². The maximum atomic E-state index is 12.2. The van der Waals surface area contributed by atoms with Crippen LogP contribution < -0.4 is 41.2 Å². The van der Waals surface area contributed by atoms with Crippen molar-refractivity contribution in [2.45, 2.75) is 71.7 Å². The minimum Gasteiger partial charge on any atom is -0.454 e. The molecule has 0 saturated heterocycles. The Kier molecular flexibility index (Phi) is 27.6. The van der Waals surface area contributed by atoms with Crippen molar-refractivity contribution in [1.29, 1.82) is 0 Å². The zero-order chi connectivity index (χ0) is 87.6. The highest BCUT2D eigenvalue weighted by Crippen LogP contribution is 2.28. The van der Waals surface area contributed by atoms with Crippen molar-refractivity contribution < 1.29 is 80.7 Å². The van der Waals surface area contributed by atoms with Crippen LogP contribution in [0.1, 0.15) is 39.3 Å². The fourth-order valence-electron chi connectivity index (χ4n) is 9.92. The third-order valence-electron chi connectivity index (χ3n) is 15.8. The number of nitrogens with zero attached hydrogens (tertiary/aromatic N) is 24. The summed E-state index contributed by atoms with van der Waals surface area (Å²) in [6.45, 7) is -0.252. The van der Waals surface area contributed by atoms with E-state index < -0.39 is 86.3 Å². The van der Waals surface area contributed by atoms with Gasteiger partial charge in [0.15, 0.2) is 26.4 Å². The van der Waals surface area contributed by atoms with E-state index in [0.29, 0.717) is 83.0 Å². The van der Waals surface area contributed by atoms with E-state index >= 15 is 0 Å². The lowest BCUT2D eigenvalue weighted by atomic mass is 10.1. The van der Waals surface area contributed by atoms with E-state index in [2.05, 4.69) is 120 Å². The van der Waals surface area contributed by atoms with Crippen LogP contribution in [-0.4, -0.2) is 171 Å². The van der Waals surface area contributed by atoms with Crippen LogP contribution in [0, 0.1) is 20.8 Å². The van der Waals surface area contributed by atoms with Crippen LogP contribution >= 0.6 is 22.9 Å². The molecule has 15 rings (SSSR count). The van der Waals surface area contributed by atoms with Crippen molar-refractivity contribution in [2.75, 3.05) is 26.4 Å². The van der Waals surface area contributed by atoms with Crippen LogP contribution in [0.4, 0.5) is 52.7 Å². The summed E-state index contributed by atoms with van der Waals surface area (Å²) < 4.78 is 179. The van der Waals surface area contributed by atoms with Gasteiger partial charge in [0.2, 0.25) is 23.4 Å². The molecule has 48 heteroatoms. The average molecular weight is 1750 g/mol. The van der Waals surface area contributed by atoms with E-state index in [4.69, 9.17) is 20.6 Å². The zero-order valence-corrected chi connectivity index (χ0v) is 64.7. The minimum absolute atomic E-state index is 0.0693. The maximum absolute atomic E-state index is 12.2. The molecule has 0 saturated carbocycles. The largest absolute Gasteiger partial charge is 0.454 e. The predicted molar refractivity (Wildman–Crippen MR) is 407 cm³/mol. The highest BCUT2D eigenvalue weighted by atomic mass is 35.5. The topological polar surface area (TPSA) is 409 Å². The Labute approximate surface area is 689 Å². The first-order chi connectivity index (χ1) is 58.6. The Balaban J connectivity index is 0.000000150. The van der Waals surface area contributed by atoms with Crippen molar-refractivity contribution in [1.82, 2.24) is 119 Å². The van der Waals surface area contributed by atoms with E-state index in [0.717, 1.165) is 37.3 Å². The molecule has 0 amide bonds. The summed E-state index contributed by atoms with van der Waals surface area (Å²) in [5.74, 6) is 1.12. The van der Waals surface area contributed by atoms with Crippen LogP contribution in [-0.2, 0) is 26.2 Å². The smallest absolute Gasteiger partial charge is 0.422 e. The number of rotatable bonds is 23. The quantitative estimate of drug-likeness (QED) is 0.0537. The van der Waals surface area contributed by atoms with Crippen LogP contribution in [0.2, 0.25) is 5.02 Å². The fraction of sp³-hybridized carbons (Fsp3) is 0.200. The molecule has 0 bridgehead atoms. The summed E-state index contributed by atoms with van der Waals surface area (Å²) in [5, 5.41) is 34.7. The van der Waals surface area contributed by atoms with E-state index in [1.807, 2.05) is 80.6 Å². The molecular weight excluding hydrogens is 1690 g/mol. The molecule has 0 radical (unpaired) electrons. The van der Waals surface area contributed by atoms with Gasteiger partial charge in [-0.2, -0.15) is 83.0 Å². The molecule has 0 aliphatic carbocycles. The van der Waals surface area contributed by atoms with Crippen molar-refractivity contribution in [3.8, 4) is 102 Å². The number of aromatic nitrogens is 24. The van der Waals surface area contributed by atoms with Crippen LogP contribution in [0.25, 0.3) is 78.4 Å². The molecule has 15 aromatic rings. The molecule has 0 N–H and O–H groups in total. The standard InChI is InChI=1S/C20H15F3N6O3.C19H14F3N7O2S.C19H13F3N6O3.C17H13ClF3N5O2/c1-12-2-4-13(5-3-12)18-26-16(32-28-18)10-29-17(30)7-6-15(27-29)14-8-24-19(25-9-14)31-11-20(21,22)23;1-11-2-3-12(6-23-11)17-27-26-15(32-17)9-29-16(30)5-4-14(28-29)13-7-24-18(25-8-13)31-10-19(20,21)22;20-19(21,22)11-30-18-23-8-13(9-24-18)14-6-7-16(29)28(26-14)10-15-25-17(27-31-15)12-4-2-1-3-5-12;1-10-13(18)4-11(5-22-10)8-26-15(27)3-2-14(25-26)12-6-23-16(24-7-12)28-9-17(19,20)21/h2-9H,10-11H2,1H3;2-8H,9-10H2,1H3;1-9H,10-11H2;2-7H,8-9H2,1H3. The second-order valence-electron chi connectivity index (χ2n) is 25.3. The van der Waals surface area contributed by atoms with Gasteiger partial charge in [-0.15, -0.1) is 10.2 Å². The molecule has 632 valence electrons. The molecule has 123 heavy (non-hydrogen) atoms.